The minimum absolute atomic E-state index is 0.0123. The van der Waals surface area contributed by atoms with Gasteiger partial charge >= 0.3 is 0 Å². The van der Waals surface area contributed by atoms with Crippen molar-refractivity contribution >= 4 is 5.78 Å². The Morgan fingerprint density at radius 3 is 2.14 bits per heavy atom. The van der Waals surface area contributed by atoms with Crippen molar-refractivity contribution in [2.75, 3.05) is 14.2 Å². The zero-order valence-corrected chi connectivity index (χ0v) is 11.2. The van der Waals surface area contributed by atoms with Crippen LogP contribution >= 0.6 is 0 Å². The van der Waals surface area contributed by atoms with E-state index in [1.807, 2.05) is 0 Å². The zero-order valence-electron chi connectivity index (χ0n) is 11.2. The third-order valence-corrected chi connectivity index (χ3v) is 2.91. The Morgan fingerprint density at radius 1 is 0.857 bits per heavy atom. The highest BCUT2D eigenvalue weighted by Gasteiger charge is 2.21. The monoisotopic (exact) mass is 296 g/mol. The second-order valence-electron chi connectivity index (χ2n) is 4.14. The highest BCUT2D eigenvalue weighted by Crippen LogP contribution is 2.27. The molecule has 0 N–H and O–H groups in total. The molecule has 2 aromatic rings. The number of ketones is 1. The number of ether oxygens (including phenoxy) is 2. The zero-order chi connectivity index (χ0) is 15.6. The molecule has 2 aromatic carbocycles. The molecule has 21 heavy (non-hydrogen) atoms. The Labute approximate surface area is 118 Å². The number of rotatable bonds is 4. The van der Waals surface area contributed by atoms with Crippen LogP contribution in [0, 0.1) is 17.5 Å². The normalized spacial score (nSPS) is 10.3. The van der Waals surface area contributed by atoms with Gasteiger partial charge in [-0.2, -0.15) is 0 Å². The van der Waals surface area contributed by atoms with Crippen LogP contribution in [-0.2, 0) is 0 Å². The molecule has 0 amide bonds. The summed E-state index contributed by atoms with van der Waals surface area (Å²) in [7, 11) is 2.73. The number of carbonyl (C=O) groups excluding carboxylic acids is 1. The van der Waals surface area contributed by atoms with Gasteiger partial charge in [-0.25, -0.2) is 13.2 Å². The lowest BCUT2D eigenvalue weighted by Crippen LogP contribution is -2.08. The van der Waals surface area contributed by atoms with Crippen molar-refractivity contribution in [3.05, 3.63) is 58.9 Å². The SMILES string of the molecule is COc1ccc(OC)c(C(=O)c2cc(F)c(F)cc2F)c1. The average Bonchev–Trinajstić information content (AvgIpc) is 2.49. The summed E-state index contributed by atoms with van der Waals surface area (Å²) in [6.45, 7) is 0. The molecule has 0 fully saturated rings. The molecule has 0 aliphatic carbocycles. The number of benzene rings is 2. The average molecular weight is 296 g/mol. The molecule has 0 atom stereocenters. The first-order valence-corrected chi connectivity index (χ1v) is 5.89. The van der Waals surface area contributed by atoms with Crippen LogP contribution in [0.5, 0.6) is 11.5 Å². The third kappa shape index (κ3) is 2.84. The Hall–Kier alpha value is -2.50. The summed E-state index contributed by atoms with van der Waals surface area (Å²) in [4.78, 5) is 12.3. The second kappa shape index (κ2) is 5.87. The summed E-state index contributed by atoms with van der Waals surface area (Å²) in [6.07, 6.45) is 0. The predicted molar refractivity (Wildman–Crippen MR) is 69.3 cm³/mol. The van der Waals surface area contributed by atoms with E-state index in [1.54, 1.807) is 6.07 Å². The van der Waals surface area contributed by atoms with Crippen LogP contribution in [0.2, 0.25) is 0 Å². The Morgan fingerprint density at radius 2 is 1.52 bits per heavy atom. The molecular weight excluding hydrogens is 285 g/mol. The fourth-order valence-corrected chi connectivity index (χ4v) is 1.83. The summed E-state index contributed by atoms with van der Waals surface area (Å²) in [6, 6.07) is 5.20. The molecule has 0 spiro atoms. The quantitative estimate of drug-likeness (QED) is 0.641. The fourth-order valence-electron chi connectivity index (χ4n) is 1.83. The first-order chi connectivity index (χ1) is 9.97. The van der Waals surface area contributed by atoms with E-state index < -0.39 is 28.8 Å². The summed E-state index contributed by atoms with van der Waals surface area (Å²) >= 11 is 0. The lowest BCUT2D eigenvalue weighted by molar-refractivity contribution is 0.103. The molecule has 3 nitrogen and oxygen atoms in total. The number of carbonyl (C=O) groups is 1. The van der Waals surface area contributed by atoms with Gasteiger partial charge in [0.25, 0.3) is 0 Å². The van der Waals surface area contributed by atoms with E-state index in [2.05, 4.69) is 0 Å². The fraction of sp³-hybridized carbons (Fsp3) is 0.133. The molecule has 6 heteroatoms. The maximum Gasteiger partial charge on any atom is 0.199 e. The highest BCUT2D eigenvalue weighted by molar-refractivity contribution is 6.11. The van der Waals surface area contributed by atoms with E-state index in [0.717, 1.165) is 0 Å². The van der Waals surface area contributed by atoms with Crippen LogP contribution in [0.1, 0.15) is 15.9 Å². The predicted octanol–water partition coefficient (Wildman–Crippen LogP) is 3.35. The summed E-state index contributed by atoms with van der Waals surface area (Å²) in [5.74, 6) is -4.12. The van der Waals surface area contributed by atoms with Gasteiger partial charge in [-0.1, -0.05) is 0 Å². The topological polar surface area (TPSA) is 35.5 Å². The van der Waals surface area contributed by atoms with Crippen molar-refractivity contribution in [3.63, 3.8) is 0 Å². The Kier molecular flexibility index (Phi) is 4.16. The smallest absolute Gasteiger partial charge is 0.199 e. The molecule has 0 saturated carbocycles. The molecule has 0 aliphatic rings. The lowest BCUT2D eigenvalue weighted by atomic mass is 10.0. The van der Waals surface area contributed by atoms with E-state index in [4.69, 9.17) is 9.47 Å². The molecule has 0 heterocycles. The molecule has 2 rings (SSSR count). The minimum Gasteiger partial charge on any atom is -0.497 e. The first kappa shape index (κ1) is 14.9. The van der Waals surface area contributed by atoms with Crippen LogP contribution in [-0.4, -0.2) is 20.0 Å². The maximum absolute atomic E-state index is 13.7. The van der Waals surface area contributed by atoms with Gasteiger partial charge in [0.2, 0.25) is 0 Å². The van der Waals surface area contributed by atoms with Crippen molar-refractivity contribution in [1.29, 1.82) is 0 Å². The molecule has 0 aromatic heterocycles. The van der Waals surface area contributed by atoms with E-state index in [-0.39, 0.29) is 11.3 Å². The van der Waals surface area contributed by atoms with Crippen molar-refractivity contribution in [2.45, 2.75) is 0 Å². The van der Waals surface area contributed by atoms with Crippen LogP contribution in [0.25, 0.3) is 0 Å². The number of halogens is 3. The molecule has 0 bridgehead atoms. The van der Waals surface area contributed by atoms with Gasteiger partial charge in [0.05, 0.1) is 25.3 Å². The van der Waals surface area contributed by atoms with Gasteiger partial charge in [0.1, 0.15) is 17.3 Å². The number of methoxy groups -OCH3 is 2. The van der Waals surface area contributed by atoms with E-state index in [1.165, 1.54) is 26.4 Å². The van der Waals surface area contributed by atoms with Crippen LogP contribution in [0.3, 0.4) is 0 Å². The number of hydrogen-bond donors (Lipinski definition) is 0. The van der Waals surface area contributed by atoms with Gasteiger partial charge in [0, 0.05) is 6.07 Å². The first-order valence-electron chi connectivity index (χ1n) is 5.89. The molecule has 110 valence electrons. The lowest BCUT2D eigenvalue weighted by Gasteiger charge is -2.10. The minimum atomic E-state index is -1.36. The molecule has 0 aliphatic heterocycles. The van der Waals surface area contributed by atoms with Gasteiger partial charge in [-0.05, 0) is 24.3 Å². The van der Waals surface area contributed by atoms with Gasteiger partial charge in [0.15, 0.2) is 17.4 Å². The number of hydrogen-bond acceptors (Lipinski definition) is 3. The second-order valence-corrected chi connectivity index (χ2v) is 4.14. The summed E-state index contributed by atoms with van der Waals surface area (Å²) < 4.78 is 49.8. The van der Waals surface area contributed by atoms with Crippen molar-refractivity contribution < 1.29 is 27.4 Å². The summed E-state index contributed by atoms with van der Waals surface area (Å²) in [5.41, 5.74) is -0.595. The van der Waals surface area contributed by atoms with Crippen LogP contribution in [0.4, 0.5) is 13.2 Å². The van der Waals surface area contributed by atoms with Gasteiger partial charge < -0.3 is 9.47 Å². The van der Waals surface area contributed by atoms with Crippen LogP contribution in [0.15, 0.2) is 30.3 Å². The largest absolute Gasteiger partial charge is 0.497 e. The third-order valence-electron chi connectivity index (χ3n) is 2.91. The Balaban J connectivity index is 2.56. The molecule has 0 radical (unpaired) electrons. The van der Waals surface area contributed by atoms with Crippen molar-refractivity contribution in [2.24, 2.45) is 0 Å². The highest BCUT2D eigenvalue weighted by atomic mass is 19.2. The standard InChI is InChI=1S/C15H11F3O3/c1-20-8-3-4-14(21-2)10(5-8)15(19)9-6-12(17)13(18)7-11(9)16/h3-7H,1-2H3. The molecular formula is C15H11F3O3. The van der Waals surface area contributed by atoms with Crippen molar-refractivity contribution in [1.82, 2.24) is 0 Å². The van der Waals surface area contributed by atoms with Gasteiger partial charge in [-0.3, -0.25) is 4.79 Å². The molecule has 0 unspecified atom stereocenters. The van der Waals surface area contributed by atoms with E-state index >= 15 is 0 Å². The molecule has 0 saturated heterocycles. The van der Waals surface area contributed by atoms with Gasteiger partial charge in [-0.15, -0.1) is 0 Å². The Bertz CT molecular complexity index is 699. The maximum atomic E-state index is 13.7. The summed E-state index contributed by atoms with van der Waals surface area (Å²) in [5, 5.41) is 0. The van der Waals surface area contributed by atoms with Crippen molar-refractivity contribution in [3.8, 4) is 11.5 Å². The van der Waals surface area contributed by atoms with Crippen LogP contribution < -0.4 is 9.47 Å². The van der Waals surface area contributed by atoms with E-state index in [0.29, 0.717) is 17.9 Å². The van der Waals surface area contributed by atoms with E-state index in [9.17, 15) is 18.0 Å².